The van der Waals surface area contributed by atoms with Gasteiger partial charge >= 0.3 is 0 Å². The number of carbonyl (C=O) groups excluding carboxylic acids is 2. The van der Waals surface area contributed by atoms with Gasteiger partial charge in [0, 0.05) is 24.4 Å². The fraction of sp³-hybridized carbons (Fsp3) is 0.652. The molecule has 2 atom stereocenters. The Morgan fingerprint density at radius 3 is 2.57 bits per heavy atom. The Morgan fingerprint density at radius 2 is 2.00 bits per heavy atom. The van der Waals surface area contributed by atoms with Crippen molar-refractivity contribution in [2.75, 3.05) is 0 Å². The van der Waals surface area contributed by atoms with Crippen LogP contribution in [0.3, 0.4) is 0 Å². The highest BCUT2D eigenvalue weighted by Gasteiger charge is 2.37. The normalized spacial score (nSPS) is 20.7. The summed E-state index contributed by atoms with van der Waals surface area (Å²) in [5.41, 5.74) is 1.42. The van der Waals surface area contributed by atoms with Gasteiger partial charge < -0.3 is 15.7 Å². The Bertz CT molecular complexity index is 663. The Balaban J connectivity index is 1.85. The molecule has 3 N–H and O–H groups in total. The molecule has 0 aliphatic carbocycles. The first kappa shape index (κ1) is 22.4. The minimum absolute atomic E-state index is 0.0280. The Morgan fingerprint density at radius 1 is 1.32 bits per heavy atom. The van der Waals surface area contributed by atoms with Crippen molar-refractivity contribution in [2.24, 2.45) is 0 Å². The molecule has 0 aromatic heterocycles. The van der Waals surface area contributed by atoms with Gasteiger partial charge in [0.1, 0.15) is 0 Å². The lowest BCUT2D eigenvalue weighted by atomic mass is 9.84. The predicted octanol–water partition coefficient (Wildman–Crippen LogP) is 3.41. The molecule has 1 aliphatic heterocycles. The third kappa shape index (κ3) is 7.63. The summed E-state index contributed by atoms with van der Waals surface area (Å²) in [6.07, 6.45) is 5.55. The number of nitrogens with one attached hydrogen (secondary N) is 2. The van der Waals surface area contributed by atoms with Gasteiger partial charge in [0.15, 0.2) is 0 Å². The zero-order chi connectivity index (χ0) is 20.8. The average Bonchev–Trinajstić information content (AvgIpc) is 2.95. The Labute approximate surface area is 169 Å². The Hall–Kier alpha value is -1.88. The largest absolute Gasteiger partial charge is 0.390 e. The summed E-state index contributed by atoms with van der Waals surface area (Å²) in [7, 11) is 0. The number of aryl methyl sites for hydroxylation is 1. The van der Waals surface area contributed by atoms with Crippen LogP contribution in [-0.2, 0) is 16.0 Å². The van der Waals surface area contributed by atoms with Crippen molar-refractivity contribution >= 4 is 11.8 Å². The molecule has 0 unspecified atom stereocenters. The first-order valence-electron chi connectivity index (χ1n) is 10.5. The second kappa shape index (κ2) is 9.55. The molecule has 1 fully saturated rings. The molecule has 0 bridgehead atoms. The van der Waals surface area contributed by atoms with Crippen LogP contribution in [0, 0.1) is 6.92 Å². The molecule has 1 saturated heterocycles. The van der Waals surface area contributed by atoms with E-state index < -0.39 is 5.60 Å². The minimum atomic E-state index is -0.660. The topological polar surface area (TPSA) is 78.4 Å². The summed E-state index contributed by atoms with van der Waals surface area (Å²) in [5.74, 6) is 0.104. The van der Waals surface area contributed by atoms with Crippen molar-refractivity contribution in [1.82, 2.24) is 10.6 Å². The van der Waals surface area contributed by atoms with Crippen LogP contribution in [0.25, 0.3) is 0 Å². The van der Waals surface area contributed by atoms with Crippen molar-refractivity contribution in [2.45, 2.75) is 96.2 Å². The highest BCUT2D eigenvalue weighted by atomic mass is 16.3. The van der Waals surface area contributed by atoms with Crippen molar-refractivity contribution < 1.29 is 14.7 Å². The smallest absolute Gasteiger partial charge is 0.220 e. The van der Waals surface area contributed by atoms with Gasteiger partial charge in [-0.15, -0.1) is 0 Å². The maximum Gasteiger partial charge on any atom is 0.220 e. The number of carbonyl (C=O) groups is 2. The molecule has 1 aromatic carbocycles. The summed E-state index contributed by atoms with van der Waals surface area (Å²) in [4.78, 5) is 24.3. The Kier molecular flexibility index (Phi) is 7.64. The van der Waals surface area contributed by atoms with Crippen molar-refractivity contribution in [3.05, 3.63) is 35.4 Å². The average molecular weight is 389 g/mol. The zero-order valence-corrected chi connectivity index (χ0v) is 17.8. The summed E-state index contributed by atoms with van der Waals surface area (Å²) in [6, 6.07) is 8.46. The van der Waals surface area contributed by atoms with Gasteiger partial charge in [0.25, 0.3) is 0 Å². The number of hydrogen-bond donors (Lipinski definition) is 3. The molecule has 28 heavy (non-hydrogen) atoms. The molecule has 0 saturated carbocycles. The molecule has 2 amide bonds. The van der Waals surface area contributed by atoms with Gasteiger partial charge in [-0.25, -0.2) is 0 Å². The van der Waals surface area contributed by atoms with Crippen molar-refractivity contribution in [3.8, 4) is 0 Å². The summed E-state index contributed by atoms with van der Waals surface area (Å²) in [6.45, 7) is 7.67. The lowest BCUT2D eigenvalue weighted by Crippen LogP contribution is -2.45. The molecule has 1 aromatic rings. The maximum atomic E-state index is 12.4. The molecule has 1 aliphatic rings. The molecular formula is C23H36N2O3. The molecular weight excluding hydrogens is 352 g/mol. The molecule has 2 rings (SSSR count). The van der Waals surface area contributed by atoms with Gasteiger partial charge in [-0.05, 0) is 71.8 Å². The van der Waals surface area contributed by atoms with Gasteiger partial charge in [-0.3, -0.25) is 9.59 Å². The molecule has 1 heterocycles. The monoisotopic (exact) mass is 388 g/mol. The summed E-state index contributed by atoms with van der Waals surface area (Å²) in [5, 5.41) is 16.0. The molecule has 5 heteroatoms. The second-order valence-electron chi connectivity index (χ2n) is 9.16. The van der Waals surface area contributed by atoms with E-state index >= 15 is 0 Å². The number of rotatable bonds is 10. The summed E-state index contributed by atoms with van der Waals surface area (Å²) >= 11 is 0. The van der Waals surface area contributed by atoms with Gasteiger partial charge in [0.05, 0.1) is 5.60 Å². The van der Waals surface area contributed by atoms with Crippen LogP contribution in [0.4, 0.5) is 0 Å². The fourth-order valence-corrected chi connectivity index (χ4v) is 3.89. The lowest BCUT2D eigenvalue weighted by molar-refractivity contribution is -0.123. The molecule has 0 radical (unpaired) electrons. The van der Waals surface area contributed by atoms with E-state index in [1.54, 1.807) is 13.8 Å². The number of benzene rings is 1. The standard InChI is InChI=1S/C23H36N2O3/c1-17-7-9-19(10-8-17)16-23(15-12-21(27)25-23)14-11-20(26)24-18(2)6-5-13-22(3,4)28/h7-10,18,28H,5-6,11-16H2,1-4H3,(H,24,26)(H,25,27)/t18-,23+/m0/s1. The van der Waals surface area contributed by atoms with Crippen LogP contribution < -0.4 is 10.6 Å². The third-order valence-electron chi connectivity index (χ3n) is 5.56. The predicted molar refractivity (Wildman–Crippen MR) is 112 cm³/mol. The number of hydrogen-bond acceptors (Lipinski definition) is 3. The number of aliphatic hydroxyl groups is 1. The van der Waals surface area contributed by atoms with Gasteiger partial charge in [-0.2, -0.15) is 0 Å². The van der Waals surface area contributed by atoms with Crippen LogP contribution in [0.5, 0.6) is 0 Å². The zero-order valence-electron chi connectivity index (χ0n) is 17.8. The van der Waals surface area contributed by atoms with E-state index in [0.29, 0.717) is 19.3 Å². The second-order valence-corrected chi connectivity index (χ2v) is 9.16. The SMILES string of the molecule is Cc1ccc(C[C@@]2(CCC(=O)N[C@@H](C)CCCC(C)(C)O)CCC(=O)N2)cc1. The van der Waals surface area contributed by atoms with Gasteiger partial charge in [0.2, 0.25) is 11.8 Å². The number of amides is 2. The van der Waals surface area contributed by atoms with Crippen LogP contribution in [-0.4, -0.2) is 34.1 Å². The van der Waals surface area contributed by atoms with E-state index in [4.69, 9.17) is 0 Å². The van der Waals surface area contributed by atoms with Crippen LogP contribution in [0.15, 0.2) is 24.3 Å². The minimum Gasteiger partial charge on any atom is -0.390 e. The van der Waals surface area contributed by atoms with Crippen molar-refractivity contribution in [3.63, 3.8) is 0 Å². The lowest BCUT2D eigenvalue weighted by Gasteiger charge is -2.29. The third-order valence-corrected chi connectivity index (χ3v) is 5.56. The van der Waals surface area contributed by atoms with E-state index in [1.165, 1.54) is 11.1 Å². The van der Waals surface area contributed by atoms with E-state index in [1.807, 2.05) is 6.92 Å². The highest BCUT2D eigenvalue weighted by Crippen LogP contribution is 2.29. The van der Waals surface area contributed by atoms with E-state index in [9.17, 15) is 14.7 Å². The molecule has 0 spiro atoms. The van der Waals surface area contributed by atoms with Crippen molar-refractivity contribution in [1.29, 1.82) is 0 Å². The quantitative estimate of drug-likeness (QED) is 0.575. The molecule has 156 valence electrons. The van der Waals surface area contributed by atoms with Crippen LogP contribution >= 0.6 is 0 Å². The first-order valence-corrected chi connectivity index (χ1v) is 10.5. The maximum absolute atomic E-state index is 12.4. The molecule has 5 nitrogen and oxygen atoms in total. The van der Waals surface area contributed by atoms with E-state index in [2.05, 4.69) is 41.8 Å². The van der Waals surface area contributed by atoms with Crippen LogP contribution in [0.2, 0.25) is 0 Å². The first-order chi connectivity index (χ1) is 13.1. The summed E-state index contributed by atoms with van der Waals surface area (Å²) < 4.78 is 0. The fourth-order valence-electron chi connectivity index (χ4n) is 3.89. The van der Waals surface area contributed by atoms with Gasteiger partial charge in [-0.1, -0.05) is 29.8 Å². The highest BCUT2D eigenvalue weighted by molar-refractivity contribution is 5.80. The van der Waals surface area contributed by atoms with E-state index in [-0.39, 0.29) is 23.4 Å². The van der Waals surface area contributed by atoms with Crippen LogP contribution in [0.1, 0.15) is 76.8 Å². The van der Waals surface area contributed by atoms with E-state index in [0.717, 1.165) is 32.1 Å².